The summed E-state index contributed by atoms with van der Waals surface area (Å²) in [5.41, 5.74) is 3.10. The van der Waals surface area contributed by atoms with Gasteiger partial charge in [-0.25, -0.2) is 9.89 Å². The molecule has 1 aromatic carbocycles. The van der Waals surface area contributed by atoms with Gasteiger partial charge in [-0.05, 0) is 28.7 Å². The maximum Gasteiger partial charge on any atom is 0.363 e. The molecule has 0 aliphatic rings. The van der Waals surface area contributed by atoms with E-state index in [0.29, 0.717) is 5.82 Å². The summed E-state index contributed by atoms with van der Waals surface area (Å²) in [4.78, 5) is 14.5. The number of anilines is 1. The number of halogens is 1. The molecule has 0 spiro atoms. The molecule has 6 nitrogen and oxygen atoms in total. The average molecular weight is 341 g/mol. The van der Waals surface area contributed by atoms with Gasteiger partial charge in [-0.15, -0.1) is 0 Å². The first-order chi connectivity index (χ1) is 8.25. The van der Waals surface area contributed by atoms with Crippen LogP contribution in [0.15, 0.2) is 40.4 Å². The second kappa shape index (κ2) is 5.53. The Morgan fingerprint density at radius 1 is 1.41 bits per heavy atom. The third kappa shape index (κ3) is 3.34. The molecular weight excluding hydrogens is 333 g/mol. The van der Waals surface area contributed by atoms with Crippen molar-refractivity contribution in [3.8, 4) is 0 Å². The van der Waals surface area contributed by atoms with Crippen LogP contribution in [0.4, 0.5) is 5.82 Å². The Hall–Kier alpha value is -1.77. The van der Waals surface area contributed by atoms with Crippen molar-refractivity contribution in [1.82, 2.24) is 15.2 Å². The Bertz CT molecular complexity index is 595. The van der Waals surface area contributed by atoms with E-state index in [1.807, 2.05) is 24.3 Å². The molecule has 0 aliphatic carbocycles. The van der Waals surface area contributed by atoms with Gasteiger partial charge in [-0.3, -0.25) is 5.43 Å². The van der Waals surface area contributed by atoms with Gasteiger partial charge in [0.05, 0.1) is 12.4 Å². The van der Waals surface area contributed by atoms with Gasteiger partial charge in [0.15, 0.2) is 5.82 Å². The van der Waals surface area contributed by atoms with Gasteiger partial charge in [-0.1, -0.05) is 18.2 Å². The summed E-state index contributed by atoms with van der Waals surface area (Å²) in [5.74, 6) is 0.302. The fourth-order valence-corrected chi connectivity index (χ4v) is 1.64. The van der Waals surface area contributed by atoms with Crippen LogP contribution in [-0.4, -0.2) is 21.4 Å². The normalized spacial score (nSPS) is 10.6. The number of benzene rings is 1. The summed E-state index contributed by atoms with van der Waals surface area (Å²) in [6.45, 7) is 0. The minimum Gasteiger partial charge on any atom is -0.260 e. The van der Waals surface area contributed by atoms with Crippen molar-refractivity contribution in [2.75, 3.05) is 5.43 Å². The molecule has 2 N–H and O–H groups in total. The Balaban J connectivity index is 2.08. The second-order valence-corrected chi connectivity index (χ2v) is 4.23. The number of hydrogen-bond donors (Lipinski definition) is 2. The van der Waals surface area contributed by atoms with Gasteiger partial charge in [0.25, 0.3) is 0 Å². The predicted molar refractivity (Wildman–Crippen MR) is 73.0 cm³/mol. The summed E-state index contributed by atoms with van der Waals surface area (Å²) < 4.78 is 1.09. The number of rotatable bonds is 3. The predicted octanol–water partition coefficient (Wildman–Crippen LogP) is 1.22. The van der Waals surface area contributed by atoms with Gasteiger partial charge in [0.2, 0.25) is 0 Å². The van der Waals surface area contributed by atoms with Crippen LogP contribution in [0.3, 0.4) is 0 Å². The van der Waals surface area contributed by atoms with Gasteiger partial charge in [-0.2, -0.15) is 15.2 Å². The Labute approximate surface area is 110 Å². The lowest BCUT2D eigenvalue weighted by molar-refractivity contribution is 0.913. The maximum atomic E-state index is 10.9. The molecule has 0 unspecified atom stereocenters. The molecule has 0 aliphatic heterocycles. The SMILES string of the molecule is O=c1nc(NN=Cc2ccccc2I)cn[nH]1. The summed E-state index contributed by atoms with van der Waals surface area (Å²) in [7, 11) is 0. The second-order valence-electron chi connectivity index (χ2n) is 3.06. The zero-order chi connectivity index (χ0) is 12.1. The highest BCUT2D eigenvalue weighted by atomic mass is 127. The molecule has 1 aromatic heterocycles. The van der Waals surface area contributed by atoms with Gasteiger partial charge < -0.3 is 0 Å². The highest BCUT2D eigenvalue weighted by Gasteiger charge is 1.94. The number of aromatic amines is 1. The molecule has 0 saturated carbocycles. The van der Waals surface area contributed by atoms with E-state index in [9.17, 15) is 4.79 Å². The summed E-state index contributed by atoms with van der Waals surface area (Å²) in [5, 5.41) is 9.75. The fourth-order valence-electron chi connectivity index (χ4n) is 1.11. The van der Waals surface area contributed by atoms with Crippen LogP contribution in [0.25, 0.3) is 0 Å². The average Bonchev–Trinajstić information content (AvgIpc) is 2.32. The molecule has 2 aromatic rings. The fraction of sp³-hybridized carbons (Fsp3) is 0. The van der Waals surface area contributed by atoms with Crippen molar-refractivity contribution < 1.29 is 0 Å². The standard InChI is InChI=1S/C10H8IN5O/c11-8-4-2-1-3-7(8)5-12-15-9-6-13-16-10(17)14-9/h1-6H,(H2,14,15,16,17). The molecule has 0 amide bonds. The number of H-pyrrole nitrogens is 1. The number of nitrogens with zero attached hydrogens (tertiary/aromatic N) is 3. The van der Waals surface area contributed by atoms with Crippen molar-refractivity contribution in [3.63, 3.8) is 0 Å². The molecule has 1 heterocycles. The largest absolute Gasteiger partial charge is 0.363 e. The van der Waals surface area contributed by atoms with E-state index in [2.05, 4.69) is 48.3 Å². The van der Waals surface area contributed by atoms with E-state index >= 15 is 0 Å². The summed E-state index contributed by atoms with van der Waals surface area (Å²) in [6.07, 6.45) is 3.04. The Morgan fingerprint density at radius 3 is 3.00 bits per heavy atom. The van der Waals surface area contributed by atoms with Crippen molar-refractivity contribution in [2.45, 2.75) is 0 Å². The molecule has 0 atom stereocenters. The van der Waals surface area contributed by atoms with E-state index in [-0.39, 0.29) is 0 Å². The van der Waals surface area contributed by atoms with Crippen LogP contribution >= 0.6 is 22.6 Å². The minimum absolute atomic E-state index is 0.302. The smallest absolute Gasteiger partial charge is 0.260 e. The van der Waals surface area contributed by atoms with E-state index in [1.165, 1.54) is 6.20 Å². The van der Waals surface area contributed by atoms with Crippen LogP contribution in [0, 0.1) is 3.57 Å². The first-order valence-electron chi connectivity index (χ1n) is 4.71. The van der Waals surface area contributed by atoms with E-state index < -0.39 is 5.69 Å². The van der Waals surface area contributed by atoms with Crippen molar-refractivity contribution in [2.24, 2.45) is 5.10 Å². The molecule has 0 radical (unpaired) electrons. The van der Waals surface area contributed by atoms with Gasteiger partial charge in [0.1, 0.15) is 0 Å². The van der Waals surface area contributed by atoms with E-state index in [4.69, 9.17) is 0 Å². The van der Waals surface area contributed by atoms with Crippen molar-refractivity contribution in [1.29, 1.82) is 0 Å². The molecule has 17 heavy (non-hydrogen) atoms. The summed E-state index contributed by atoms with van der Waals surface area (Å²) >= 11 is 2.22. The lowest BCUT2D eigenvalue weighted by atomic mass is 10.2. The maximum absolute atomic E-state index is 10.9. The lowest BCUT2D eigenvalue weighted by Gasteiger charge is -1.98. The first kappa shape index (κ1) is 11.7. The minimum atomic E-state index is -0.514. The third-order valence-corrected chi connectivity index (χ3v) is 2.84. The third-order valence-electron chi connectivity index (χ3n) is 1.86. The summed E-state index contributed by atoms with van der Waals surface area (Å²) in [6, 6.07) is 7.80. The number of aromatic nitrogens is 3. The Morgan fingerprint density at radius 2 is 2.24 bits per heavy atom. The van der Waals surface area contributed by atoms with Crippen molar-refractivity contribution >= 4 is 34.6 Å². The lowest BCUT2D eigenvalue weighted by Crippen LogP contribution is -2.13. The molecule has 86 valence electrons. The molecule has 7 heteroatoms. The Kier molecular flexibility index (Phi) is 3.81. The highest BCUT2D eigenvalue weighted by Crippen LogP contribution is 2.08. The zero-order valence-corrected chi connectivity index (χ0v) is 10.7. The zero-order valence-electron chi connectivity index (χ0n) is 8.59. The van der Waals surface area contributed by atoms with Crippen LogP contribution in [0.1, 0.15) is 5.56 Å². The number of hydrazone groups is 1. The monoisotopic (exact) mass is 341 g/mol. The molecule has 2 rings (SSSR count). The quantitative estimate of drug-likeness (QED) is 0.500. The van der Waals surface area contributed by atoms with E-state index in [0.717, 1.165) is 9.13 Å². The van der Waals surface area contributed by atoms with E-state index in [1.54, 1.807) is 6.21 Å². The van der Waals surface area contributed by atoms with Crippen LogP contribution in [0.5, 0.6) is 0 Å². The molecule has 0 bridgehead atoms. The van der Waals surface area contributed by atoms with Crippen molar-refractivity contribution in [3.05, 3.63) is 50.1 Å². The molecular formula is C10H8IN5O. The number of nitrogens with one attached hydrogen (secondary N) is 2. The highest BCUT2D eigenvalue weighted by molar-refractivity contribution is 14.1. The van der Waals surface area contributed by atoms with Gasteiger partial charge in [0, 0.05) is 9.13 Å². The van der Waals surface area contributed by atoms with Crippen LogP contribution in [-0.2, 0) is 0 Å². The topological polar surface area (TPSA) is 83.0 Å². The molecule has 0 fully saturated rings. The van der Waals surface area contributed by atoms with Crippen LogP contribution < -0.4 is 11.1 Å². The van der Waals surface area contributed by atoms with Gasteiger partial charge >= 0.3 is 5.69 Å². The van der Waals surface area contributed by atoms with Crippen LogP contribution in [0.2, 0.25) is 0 Å². The number of hydrogen-bond acceptors (Lipinski definition) is 5. The first-order valence-corrected chi connectivity index (χ1v) is 5.79. The molecule has 0 saturated heterocycles.